The average molecular weight is 175 g/mol. The molecule has 0 amide bonds. The summed E-state index contributed by atoms with van der Waals surface area (Å²) in [5.41, 5.74) is 6.76. The number of allylic oxidation sites excluding steroid dienone is 1. The zero-order valence-electron chi connectivity index (χ0n) is 8.11. The van der Waals surface area contributed by atoms with Crippen LogP contribution in [0.3, 0.4) is 0 Å². The maximum atomic E-state index is 5.37. The number of rotatable bonds is 4. The second kappa shape index (κ2) is 5.55. The molecule has 70 valence electrons. The molecule has 1 aromatic carbocycles. The minimum atomic E-state index is 0.587. The van der Waals surface area contributed by atoms with Gasteiger partial charge in [-0.2, -0.15) is 0 Å². The highest BCUT2D eigenvalue weighted by Gasteiger charge is 2.00. The van der Waals surface area contributed by atoms with Gasteiger partial charge in [-0.25, -0.2) is 0 Å². The third kappa shape index (κ3) is 3.43. The van der Waals surface area contributed by atoms with Crippen molar-refractivity contribution in [3.63, 3.8) is 0 Å². The van der Waals surface area contributed by atoms with Crippen molar-refractivity contribution in [1.29, 1.82) is 0 Å². The third-order valence-corrected chi connectivity index (χ3v) is 2.16. The fraction of sp³-hybridized carbons (Fsp3) is 0.333. The van der Waals surface area contributed by atoms with Crippen LogP contribution < -0.4 is 5.73 Å². The van der Waals surface area contributed by atoms with E-state index in [9.17, 15) is 0 Å². The van der Waals surface area contributed by atoms with E-state index in [1.807, 2.05) is 12.1 Å². The van der Waals surface area contributed by atoms with Crippen LogP contribution in [0.15, 0.2) is 42.5 Å². The van der Waals surface area contributed by atoms with Gasteiger partial charge in [-0.1, -0.05) is 49.4 Å². The zero-order valence-corrected chi connectivity index (χ0v) is 8.11. The first kappa shape index (κ1) is 10.0. The van der Waals surface area contributed by atoms with Gasteiger partial charge in [-0.15, -0.1) is 0 Å². The van der Waals surface area contributed by atoms with Crippen molar-refractivity contribution in [3.05, 3.63) is 48.0 Å². The topological polar surface area (TPSA) is 26.0 Å². The molecule has 0 bridgehead atoms. The summed E-state index contributed by atoms with van der Waals surface area (Å²) in [6.07, 6.45) is 5.23. The van der Waals surface area contributed by atoms with Crippen molar-refractivity contribution < 1.29 is 0 Å². The molecular formula is C12H17N. The first-order chi connectivity index (χ1) is 6.34. The van der Waals surface area contributed by atoms with Crippen LogP contribution >= 0.6 is 0 Å². The molecule has 0 fully saturated rings. The summed E-state index contributed by atoms with van der Waals surface area (Å²) in [4.78, 5) is 0. The zero-order chi connectivity index (χ0) is 9.52. The predicted molar refractivity (Wildman–Crippen MR) is 57.7 cm³/mol. The Balaban J connectivity index is 2.49. The lowest BCUT2D eigenvalue weighted by atomic mass is 9.98. The fourth-order valence-corrected chi connectivity index (χ4v) is 1.31. The molecule has 0 saturated heterocycles. The molecule has 0 radical (unpaired) electrons. The quantitative estimate of drug-likeness (QED) is 0.699. The highest BCUT2D eigenvalue weighted by molar-refractivity contribution is 5.19. The molecule has 0 spiro atoms. The lowest BCUT2D eigenvalue weighted by Gasteiger charge is -2.07. The van der Waals surface area contributed by atoms with E-state index in [-0.39, 0.29) is 0 Å². The molecule has 13 heavy (non-hydrogen) atoms. The maximum Gasteiger partial charge on any atom is 0.0106 e. The molecule has 1 unspecified atom stereocenters. The van der Waals surface area contributed by atoms with E-state index in [1.165, 1.54) is 5.56 Å². The molecule has 1 heteroatoms. The molecule has 0 heterocycles. The van der Waals surface area contributed by atoms with Gasteiger partial charge in [0.05, 0.1) is 0 Å². The number of nitrogens with two attached hydrogens (primary N) is 1. The Morgan fingerprint density at radius 1 is 1.23 bits per heavy atom. The van der Waals surface area contributed by atoms with Crippen LogP contribution in [0.4, 0.5) is 0 Å². The lowest BCUT2D eigenvalue weighted by Crippen LogP contribution is -1.94. The van der Waals surface area contributed by atoms with Gasteiger partial charge in [-0.3, -0.25) is 0 Å². The molecule has 1 aromatic rings. The average Bonchev–Trinajstić information content (AvgIpc) is 2.19. The molecule has 1 nitrogen and oxygen atoms in total. The number of hydrogen-bond acceptors (Lipinski definition) is 1. The Hall–Kier alpha value is -1.08. The Morgan fingerprint density at radius 2 is 1.92 bits per heavy atom. The molecule has 2 N–H and O–H groups in total. The van der Waals surface area contributed by atoms with Crippen molar-refractivity contribution in [1.82, 2.24) is 0 Å². The number of benzene rings is 1. The van der Waals surface area contributed by atoms with Crippen molar-refractivity contribution in [2.24, 2.45) is 5.73 Å². The SMILES string of the molecule is CC(CC=CCN)c1ccccc1. The summed E-state index contributed by atoms with van der Waals surface area (Å²) in [7, 11) is 0. The van der Waals surface area contributed by atoms with E-state index >= 15 is 0 Å². The van der Waals surface area contributed by atoms with Crippen molar-refractivity contribution in [3.8, 4) is 0 Å². The second-order valence-corrected chi connectivity index (χ2v) is 3.25. The van der Waals surface area contributed by atoms with Crippen molar-refractivity contribution in [2.45, 2.75) is 19.3 Å². The lowest BCUT2D eigenvalue weighted by molar-refractivity contribution is 0.779. The normalized spacial score (nSPS) is 13.4. The standard InChI is InChI=1S/C12H17N/c1-11(7-5-6-10-13)12-8-3-2-4-9-12/h2-6,8-9,11H,7,10,13H2,1H3. The highest BCUT2D eigenvalue weighted by atomic mass is 14.5. The summed E-state index contributed by atoms with van der Waals surface area (Å²) in [6.45, 7) is 2.87. The van der Waals surface area contributed by atoms with Gasteiger partial charge >= 0.3 is 0 Å². The van der Waals surface area contributed by atoms with Crippen molar-refractivity contribution in [2.75, 3.05) is 6.54 Å². The molecule has 0 aliphatic heterocycles. The Labute approximate surface area is 80.3 Å². The first-order valence-corrected chi connectivity index (χ1v) is 4.74. The molecule has 1 atom stereocenters. The van der Waals surface area contributed by atoms with Gasteiger partial charge in [0.1, 0.15) is 0 Å². The largest absolute Gasteiger partial charge is 0.327 e. The van der Waals surface area contributed by atoms with Gasteiger partial charge in [-0.05, 0) is 17.9 Å². The second-order valence-electron chi connectivity index (χ2n) is 3.25. The Kier molecular flexibility index (Phi) is 4.27. The molecule has 1 rings (SSSR count). The fourth-order valence-electron chi connectivity index (χ4n) is 1.31. The summed E-state index contributed by atoms with van der Waals surface area (Å²) in [5.74, 6) is 0.587. The maximum absolute atomic E-state index is 5.37. The minimum Gasteiger partial charge on any atom is -0.327 e. The van der Waals surface area contributed by atoms with Gasteiger partial charge in [0.15, 0.2) is 0 Å². The van der Waals surface area contributed by atoms with E-state index in [4.69, 9.17) is 5.73 Å². The van der Waals surface area contributed by atoms with Crippen LogP contribution in [-0.4, -0.2) is 6.54 Å². The Bertz CT molecular complexity index is 251. The van der Waals surface area contributed by atoms with E-state index in [2.05, 4.69) is 37.3 Å². The van der Waals surface area contributed by atoms with E-state index in [1.54, 1.807) is 0 Å². The minimum absolute atomic E-state index is 0.587. The number of hydrogen-bond donors (Lipinski definition) is 1. The molecule has 0 aromatic heterocycles. The molecule has 0 aliphatic rings. The van der Waals surface area contributed by atoms with Crippen LogP contribution in [0.2, 0.25) is 0 Å². The van der Waals surface area contributed by atoms with Crippen LogP contribution in [0.25, 0.3) is 0 Å². The van der Waals surface area contributed by atoms with E-state index in [0.717, 1.165) is 6.42 Å². The van der Waals surface area contributed by atoms with Gasteiger partial charge in [0, 0.05) is 6.54 Å². The molecular weight excluding hydrogens is 158 g/mol. The van der Waals surface area contributed by atoms with Crippen LogP contribution in [-0.2, 0) is 0 Å². The summed E-state index contributed by atoms with van der Waals surface area (Å²) < 4.78 is 0. The summed E-state index contributed by atoms with van der Waals surface area (Å²) >= 11 is 0. The smallest absolute Gasteiger partial charge is 0.0106 e. The monoisotopic (exact) mass is 175 g/mol. The van der Waals surface area contributed by atoms with Gasteiger partial charge in [0.2, 0.25) is 0 Å². The van der Waals surface area contributed by atoms with Gasteiger partial charge < -0.3 is 5.73 Å². The highest BCUT2D eigenvalue weighted by Crippen LogP contribution is 2.18. The van der Waals surface area contributed by atoms with Crippen LogP contribution in [0.5, 0.6) is 0 Å². The van der Waals surface area contributed by atoms with Gasteiger partial charge in [0.25, 0.3) is 0 Å². The molecule has 0 saturated carbocycles. The Morgan fingerprint density at radius 3 is 2.54 bits per heavy atom. The van der Waals surface area contributed by atoms with E-state index in [0.29, 0.717) is 12.5 Å². The predicted octanol–water partition coefficient (Wildman–Crippen LogP) is 2.70. The van der Waals surface area contributed by atoms with Crippen LogP contribution in [0, 0.1) is 0 Å². The third-order valence-electron chi connectivity index (χ3n) is 2.16. The van der Waals surface area contributed by atoms with Crippen molar-refractivity contribution >= 4 is 0 Å². The van der Waals surface area contributed by atoms with Crippen LogP contribution in [0.1, 0.15) is 24.8 Å². The molecule has 0 aliphatic carbocycles. The summed E-state index contributed by atoms with van der Waals surface area (Å²) in [5, 5.41) is 0. The van der Waals surface area contributed by atoms with E-state index < -0.39 is 0 Å². The summed E-state index contributed by atoms with van der Waals surface area (Å²) in [6, 6.07) is 10.5. The first-order valence-electron chi connectivity index (χ1n) is 4.74.